The molecule has 2 aromatic heterocycles. The Bertz CT molecular complexity index is 4010. The fourth-order valence-electron chi connectivity index (χ4n) is 18.7. The second-order valence-electron chi connectivity index (χ2n) is 28.3. The first-order chi connectivity index (χ1) is 45.1. The average Bonchev–Trinajstić information content (AvgIpc) is 1.18. The quantitative estimate of drug-likeness (QED) is 0.0618. The first kappa shape index (κ1) is 60.4. The molecule has 9 aromatic carbocycles. The summed E-state index contributed by atoms with van der Waals surface area (Å²) in [7, 11) is 0. The molecule has 0 N–H and O–H groups in total. The number of hydrogen-bond donors (Lipinski definition) is 0. The van der Waals surface area contributed by atoms with Crippen molar-refractivity contribution in [1.82, 2.24) is 9.97 Å². The summed E-state index contributed by atoms with van der Waals surface area (Å²) in [6.07, 6.45) is 16.4. The zero-order chi connectivity index (χ0) is 61.8. The van der Waals surface area contributed by atoms with E-state index in [9.17, 15) is 0 Å². The molecular formula is C86H79CoN6-. The van der Waals surface area contributed by atoms with Gasteiger partial charge in [0.05, 0.1) is 16.6 Å². The Morgan fingerprint density at radius 1 is 0.323 bits per heavy atom. The van der Waals surface area contributed by atoms with Crippen molar-refractivity contribution in [3.63, 3.8) is 0 Å². The van der Waals surface area contributed by atoms with Crippen molar-refractivity contribution in [2.45, 2.75) is 109 Å². The van der Waals surface area contributed by atoms with E-state index in [1.807, 2.05) is 0 Å². The van der Waals surface area contributed by atoms with Crippen LogP contribution in [0.5, 0.6) is 0 Å². The SMILES string of the molecule is C1C2CC3CC1CC(N=NN=NC14CC5CC(CC(C5)C1)C4)(C2)C3.Cc1cc(C)c([C+](c2ccc(-c3c(-c4ccccc4)cc(-c4ccccc4)cc3-c3ccccc3)[n-]2)c2ccc(-c3c(-c4ccccc4)cc(-c4ccccc4)cc3-c3ccccc3)[n-]2)c(C)c1.[Co]. The molecule has 2 heterocycles. The van der Waals surface area contributed by atoms with Gasteiger partial charge in [-0.3, -0.25) is 0 Å². The monoisotopic (exact) mass is 1250 g/mol. The van der Waals surface area contributed by atoms with Gasteiger partial charge in [-0.05, 0) is 288 Å². The van der Waals surface area contributed by atoms with Crippen LogP contribution in [-0.4, -0.2) is 11.1 Å². The average molecular weight is 1260 g/mol. The van der Waals surface area contributed by atoms with E-state index in [1.165, 1.54) is 105 Å². The first-order valence-electron chi connectivity index (χ1n) is 33.9. The van der Waals surface area contributed by atoms with E-state index < -0.39 is 0 Å². The molecule has 8 bridgehead atoms. The van der Waals surface area contributed by atoms with Gasteiger partial charge < -0.3 is 9.97 Å². The fourth-order valence-corrected chi connectivity index (χ4v) is 18.7. The Hall–Kier alpha value is -8.88. The second-order valence-corrected chi connectivity index (χ2v) is 28.3. The fraction of sp³-hybridized carbons (Fsp3) is 0.267. The molecule has 1 radical (unpaired) electrons. The van der Waals surface area contributed by atoms with Gasteiger partial charge in [0.15, 0.2) is 0 Å². The molecule has 8 saturated carbocycles. The van der Waals surface area contributed by atoms with Gasteiger partial charge in [0, 0.05) is 33.8 Å². The third-order valence-corrected chi connectivity index (χ3v) is 21.6. The molecular weight excluding hydrogens is 1180 g/mol. The summed E-state index contributed by atoms with van der Waals surface area (Å²) >= 11 is 0. The predicted molar refractivity (Wildman–Crippen MR) is 376 cm³/mol. The number of hydrogen-bond acceptors (Lipinski definition) is 2. The predicted octanol–water partition coefficient (Wildman–Crippen LogP) is 22.6. The van der Waals surface area contributed by atoms with Gasteiger partial charge in [-0.1, -0.05) is 193 Å². The zero-order valence-corrected chi connectivity index (χ0v) is 54.6. The number of aryl methyl sites for hydroxylation is 3. The topological polar surface area (TPSA) is 77.6 Å². The zero-order valence-electron chi connectivity index (χ0n) is 53.6. The molecule has 0 unspecified atom stereocenters. The Morgan fingerprint density at radius 2 is 0.591 bits per heavy atom. The number of rotatable bonds is 14. The van der Waals surface area contributed by atoms with Gasteiger partial charge in [0.2, 0.25) is 0 Å². The molecule has 8 aliphatic rings. The van der Waals surface area contributed by atoms with Gasteiger partial charge in [0.25, 0.3) is 0 Å². The molecule has 0 atom stereocenters. The minimum absolute atomic E-state index is 0. The summed E-state index contributed by atoms with van der Waals surface area (Å²) in [5.41, 5.74) is 24.6. The van der Waals surface area contributed by atoms with Crippen molar-refractivity contribution in [2.75, 3.05) is 0 Å². The molecule has 463 valence electrons. The maximum atomic E-state index is 5.69. The Balaban J connectivity index is 0.000000237. The van der Waals surface area contributed by atoms with Gasteiger partial charge in [-0.2, -0.15) is 10.2 Å². The van der Waals surface area contributed by atoms with Crippen molar-refractivity contribution >= 4 is 0 Å². The van der Waals surface area contributed by atoms with E-state index in [2.05, 4.69) is 274 Å². The van der Waals surface area contributed by atoms with Crippen molar-refractivity contribution in [2.24, 2.45) is 56.2 Å². The summed E-state index contributed by atoms with van der Waals surface area (Å²) in [6, 6.07) is 87.0. The van der Waals surface area contributed by atoms with Gasteiger partial charge in [0.1, 0.15) is 0 Å². The standard InChI is InChI=1S/C66H49N2.C20H30N4.Co/c1-44-38-45(2)63(46(3)39-44)66(61-36-34-59(67-61)64-55(49-26-14-6-15-27-49)40-53(47-22-10-4-11-23-47)41-56(64)50-28-16-7-17-29-50)62-37-35-60(68-62)65-57(51-30-18-8-19-31-51)42-54(48-24-12-5-13-25-48)43-58(65)52-32-20-9-21-33-52;1-13-2-15-3-14(1)8-19(7-13,9-15)21-23-24-22-20-10-16-4-17(11-20)6-18(5-16)12-20;/h4-43H,1-3H3;13-18H,1-12H2;/q-1;;. The van der Waals surface area contributed by atoms with Crippen molar-refractivity contribution < 1.29 is 16.8 Å². The summed E-state index contributed by atoms with van der Waals surface area (Å²) in [5.74, 6) is 6.58. The molecule has 0 saturated heterocycles. The summed E-state index contributed by atoms with van der Waals surface area (Å²) in [6.45, 7) is 6.61. The Kier molecular flexibility index (Phi) is 16.6. The van der Waals surface area contributed by atoms with Crippen LogP contribution in [0.15, 0.2) is 263 Å². The molecule has 0 spiro atoms. The van der Waals surface area contributed by atoms with Crippen LogP contribution in [0.3, 0.4) is 0 Å². The van der Waals surface area contributed by atoms with E-state index >= 15 is 0 Å². The van der Waals surface area contributed by atoms with Crippen LogP contribution >= 0.6 is 0 Å². The first-order valence-corrected chi connectivity index (χ1v) is 33.9. The van der Waals surface area contributed by atoms with E-state index in [-0.39, 0.29) is 27.9 Å². The van der Waals surface area contributed by atoms with Crippen molar-refractivity contribution in [1.29, 1.82) is 0 Å². The smallest absolute Gasteiger partial charge is 0.0846 e. The normalized spacial score (nSPS) is 23.0. The van der Waals surface area contributed by atoms with E-state index in [4.69, 9.17) is 20.2 Å². The molecule has 7 heteroatoms. The van der Waals surface area contributed by atoms with Gasteiger partial charge >= 0.3 is 0 Å². The molecule has 19 rings (SSSR count). The maximum Gasteiger partial charge on any atom is 0.0846 e. The van der Waals surface area contributed by atoms with Crippen molar-refractivity contribution in [3.8, 4) is 89.3 Å². The summed E-state index contributed by atoms with van der Waals surface area (Å²) in [5, 5.41) is 18.2. The van der Waals surface area contributed by atoms with Crippen LogP contribution < -0.4 is 9.97 Å². The molecule has 6 nitrogen and oxygen atoms in total. The molecule has 8 fully saturated rings. The minimum Gasteiger partial charge on any atom is -0.643 e. The Labute approximate surface area is 559 Å². The number of aromatic nitrogens is 2. The van der Waals surface area contributed by atoms with E-state index in [0.29, 0.717) is 0 Å². The number of benzene rings is 9. The van der Waals surface area contributed by atoms with Gasteiger partial charge in [-0.25, -0.2) is 0 Å². The molecule has 0 amide bonds. The van der Waals surface area contributed by atoms with E-state index in [1.54, 1.807) is 0 Å². The third kappa shape index (κ3) is 12.2. The van der Waals surface area contributed by atoms with Crippen LogP contribution in [0.2, 0.25) is 0 Å². The third-order valence-electron chi connectivity index (χ3n) is 21.6. The van der Waals surface area contributed by atoms with Crippen LogP contribution in [0.25, 0.3) is 89.3 Å². The van der Waals surface area contributed by atoms with Gasteiger partial charge in [-0.15, -0.1) is 11.4 Å². The number of nitrogens with zero attached hydrogens (tertiary/aromatic N) is 6. The van der Waals surface area contributed by atoms with Crippen LogP contribution in [0.4, 0.5) is 0 Å². The van der Waals surface area contributed by atoms with Crippen molar-refractivity contribution in [3.05, 3.63) is 282 Å². The van der Waals surface area contributed by atoms with Crippen LogP contribution in [-0.2, 0) is 16.8 Å². The Morgan fingerprint density at radius 3 is 0.871 bits per heavy atom. The van der Waals surface area contributed by atoms with Crippen LogP contribution in [0.1, 0.15) is 111 Å². The van der Waals surface area contributed by atoms with Crippen LogP contribution in [0, 0.1) is 62.2 Å². The second kappa shape index (κ2) is 25.5. The summed E-state index contributed by atoms with van der Waals surface area (Å²) in [4.78, 5) is 11.4. The van der Waals surface area contributed by atoms with E-state index in [0.717, 1.165) is 137 Å². The molecule has 8 aliphatic carbocycles. The molecule has 0 aliphatic heterocycles. The maximum absolute atomic E-state index is 5.69. The molecule has 11 aromatic rings. The largest absolute Gasteiger partial charge is 0.643 e. The summed E-state index contributed by atoms with van der Waals surface area (Å²) < 4.78 is 0. The molecule has 93 heavy (non-hydrogen) atoms. The minimum atomic E-state index is 0.